The van der Waals surface area contributed by atoms with Crippen molar-refractivity contribution in [3.8, 4) is 11.8 Å². The quantitative estimate of drug-likeness (QED) is 0.752. The van der Waals surface area contributed by atoms with Gasteiger partial charge in [-0.2, -0.15) is 5.26 Å². The fraction of sp³-hybridized carbons (Fsp3) is 0.333. The topological polar surface area (TPSA) is 50.1 Å². The van der Waals surface area contributed by atoms with E-state index in [-0.39, 0.29) is 5.78 Å². The molecule has 0 fully saturated rings. The number of ketones is 1. The van der Waals surface area contributed by atoms with Gasteiger partial charge in [-0.1, -0.05) is 6.07 Å². The molecule has 0 atom stereocenters. The van der Waals surface area contributed by atoms with Crippen molar-refractivity contribution < 1.29 is 9.53 Å². The third-order valence-electron chi connectivity index (χ3n) is 2.16. The highest BCUT2D eigenvalue weighted by Crippen LogP contribution is 2.21. The molecule has 0 saturated carbocycles. The lowest BCUT2D eigenvalue weighted by Crippen LogP contribution is -1.97. The number of benzene rings is 1. The van der Waals surface area contributed by atoms with Gasteiger partial charge in [0.2, 0.25) is 0 Å². The highest BCUT2D eigenvalue weighted by atomic mass is 16.5. The van der Waals surface area contributed by atoms with Crippen LogP contribution in [0.3, 0.4) is 0 Å². The molecule has 78 valence electrons. The number of Topliss-reactive ketones (excluding diaryl/α,β-unsaturated/α-hetero) is 1. The van der Waals surface area contributed by atoms with Gasteiger partial charge in [-0.3, -0.25) is 0 Å². The molecule has 0 aliphatic carbocycles. The second kappa shape index (κ2) is 5.16. The van der Waals surface area contributed by atoms with Crippen LogP contribution < -0.4 is 4.74 Å². The molecule has 0 N–H and O–H groups in total. The predicted molar refractivity (Wildman–Crippen MR) is 56.7 cm³/mol. The van der Waals surface area contributed by atoms with Gasteiger partial charge in [0.1, 0.15) is 11.5 Å². The lowest BCUT2D eigenvalue weighted by atomic mass is 10.0. The summed E-state index contributed by atoms with van der Waals surface area (Å²) < 4.78 is 5.16. The summed E-state index contributed by atoms with van der Waals surface area (Å²) in [6.45, 7) is 1.57. The molecule has 0 unspecified atom stereocenters. The van der Waals surface area contributed by atoms with Crippen LogP contribution in [0.25, 0.3) is 0 Å². The van der Waals surface area contributed by atoms with Crippen molar-refractivity contribution in [2.45, 2.75) is 19.8 Å². The number of nitrogens with zero attached hydrogens (tertiary/aromatic N) is 1. The number of aryl methyl sites for hydroxylation is 1. The van der Waals surface area contributed by atoms with E-state index in [2.05, 4.69) is 0 Å². The zero-order chi connectivity index (χ0) is 11.3. The van der Waals surface area contributed by atoms with E-state index in [9.17, 15) is 4.79 Å². The minimum Gasteiger partial charge on any atom is -0.496 e. The van der Waals surface area contributed by atoms with Crippen molar-refractivity contribution in [3.63, 3.8) is 0 Å². The number of hydrogen-bond acceptors (Lipinski definition) is 3. The standard InChI is InChI=1S/C12H13NO2/c1-9(14)3-5-11-6-4-10(8-13)7-12(11)15-2/h4,6-7H,3,5H2,1-2H3. The molecule has 0 spiro atoms. The maximum atomic E-state index is 10.8. The van der Waals surface area contributed by atoms with Gasteiger partial charge in [0.05, 0.1) is 18.7 Å². The van der Waals surface area contributed by atoms with Gasteiger partial charge in [-0.15, -0.1) is 0 Å². The Morgan fingerprint density at radius 2 is 2.27 bits per heavy atom. The second-order valence-corrected chi connectivity index (χ2v) is 3.34. The van der Waals surface area contributed by atoms with E-state index in [1.807, 2.05) is 12.1 Å². The minimum absolute atomic E-state index is 0.154. The molecule has 0 aliphatic rings. The summed E-state index contributed by atoms with van der Waals surface area (Å²) in [5.74, 6) is 0.830. The van der Waals surface area contributed by atoms with Crippen molar-refractivity contribution in [2.24, 2.45) is 0 Å². The Morgan fingerprint density at radius 3 is 2.80 bits per heavy atom. The van der Waals surface area contributed by atoms with Crippen LogP contribution in [-0.4, -0.2) is 12.9 Å². The van der Waals surface area contributed by atoms with Crippen LogP contribution in [0.15, 0.2) is 18.2 Å². The number of carbonyl (C=O) groups excluding carboxylic acids is 1. The molecule has 0 aromatic heterocycles. The molecule has 1 aromatic carbocycles. The van der Waals surface area contributed by atoms with Gasteiger partial charge < -0.3 is 9.53 Å². The Labute approximate surface area is 89.3 Å². The Morgan fingerprint density at radius 1 is 1.53 bits per heavy atom. The molecule has 0 amide bonds. The third kappa shape index (κ3) is 3.10. The van der Waals surface area contributed by atoms with Crippen molar-refractivity contribution in [3.05, 3.63) is 29.3 Å². The van der Waals surface area contributed by atoms with Crippen molar-refractivity contribution in [2.75, 3.05) is 7.11 Å². The summed E-state index contributed by atoms with van der Waals surface area (Å²) in [5.41, 5.74) is 1.53. The van der Waals surface area contributed by atoms with Crippen molar-refractivity contribution in [1.82, 2.24) is 0 Å². The first-order valence-electron chi connectivity index (χ1n) is 4.74. The first kappa shape index (κ1) is 11.3. The summed E-state index contributed by atoms with van der Waals surface area (Å²) in [6.07, 6.45) is 1.16. The number of hydrogen-bond donors (Lipinski definition) is 0. The fourth-order valence-corrected chi connectivity index (χ4v) is 1.33. The summed E-state index contributed by atoms with van der Waals surface area (Å²) in [5, 5.41) is 8.71. The molecule has 1 aromatic rings. The van der Waals surface area contributed by atoms with Gasteiger partial charge in [-0.05, 0) is 31.0 Å². The normalized spacial score (nSPS) is 9.40. The SMILES string of the molecule is COc1cc(C#N)ccc1CCC(C)=O. The molecule has 0 aliphatic heterocycles. The maximum Gasteiger partial charge on any atom is 0.130 e. The van der Waals surface area contributed by atoms with Gasteiger partial charge in [0.25, 0.3) is 0 Å². The average molecular weight is 203 g/mol. The van der Waals surface area contributed by atoms with E-state index in [1.54, 1.807) is 26.2 Å². The van der Waals surface area contributed by atoms with E-state index in [0.29, 0.717) is 24.2 Å². The molecular formula is C12H13NO2. The van der Waals surface area contributed by atoms with E-state index in [0.717, 1.165) is 5.56 Å². The van der Waals surface area contributed by atoms with E-state index in [4.69, 9.17) is 10.00 Å². The van der Waals surface area contributed by atoms with Crippen LogP contribution in [-0.2, 0) is 11.2 Å². The molecule has 0 heterocycles. The molecule has 0 bridgehead atoms. The highest BCUT2D eigenvalue weighted by molar-refractivity contribution is 5.75. The van der Waals surface area contributed by atoms with Gasteiger partial charge in [-0.25, -0.2) is 0 Å². The predicted octanol–water partition coefficient (Wildman–Crippen LogP) is 2.09. The number of nitriles is 1. The number of rotatable bonds is 4. The summed E-state index contributed by atoms with van der Waals surface area (Å²) in [4.78, 5) is 10.8. The first-order valence-corrected chi connectivity index (χ1v) is 4.74. The molecule has 0 saturated heterocycles. The zero-order valence-corrected chi connectivity index (χ0v) is 8.91. The largest absolute Gasteiger partial charge is 0.496 e. The Balaban J connectivity index is 2.88. The molecule has 0 radical (unpaired) electrons. The molecule has 15 heavy (non-hydrogen) atoms. The second-order valence-electron chi connectivity index (χ2n) is 3.34. The summed E-state index contributed by atoms with van der Waals surface area (Å²) in [6, 6.07) is 7.30. The minimum atomic E-state index is 0.154. The van der Waals surface area contributed by atoms with Crippen LogP contribution in [0, 0.1) is 11.3 Å². The maximum absolute atomic E-state index is 10.8. The Bertz CT molecular complexity index is 405. The van der Waals surface area contributed by atoms with Crippen molar-refractivity contribution >= 4 is 5.78 Å². The molecule has 3 nitrogen and oxygen atoms in total. The smallest absolute Gasteiger partial charge is 0.130 e. The fourth-order valence-electron chi connectivity index (χ4n) is 1.33. The molecule has 1 rings (SSSR count). The van der Waals surface area contributed by atoms with E-state index >= 15 is 0 Å². The first-order chi connectivity index (χ1) is 7.17. The van der Waals surface area contributed by atoms with Gasteiger partial charge in [0.15, 0.2) is 0 Å². The van der Waals surface area contributed by atoms with E-state index < -0.39 is 0 Å². The average Bonchev–Trinajstić information content (AvgIpc) is 2.25. The third-order valence-corrected chi connectivity index (χ3v) is 2.16. The van der Waals surface area contributed by atoms with Crippen LogP contribution in [0.2, 0.25) is 0 Å². The summed E-state index contributed by atoms with van der Waals surface area (Å²) in [7, 11) is 1.56. The molecule has 3 heteroatoms. The Hall–Kier alpha value is -1.82. The van der Waals surface area contributed by atoms with Crippen LogP contribution in [0.1, 0.15) is 24.5 Å². The van der Waals surface area contributed by atoms with Crippen LogP contribution in [0.5, 0.6) is 5.75 Å². The van der Waals surface area contributed by atoms with Crippen LogP contribution >= 0.6 is 0 Å². The monoisotopic (exact) mass is 203 g/mol. The highest BCUT2D eigenvalue weighted by Gasteiger charge is 2.05. The Kier molecular flexibility index (Phi) is 3.87. The van der Waals surface area contributed by atoms with Gasteiger partial charge >= 0.3 is 0 Å². The number of ether oxygens (including phenoxy) is 1. The molecular weight excluding hydrogens is 190 g/mol. The summed E-state index contributed by atoms with van der Waals surface area (Å²) >= 11 is 0. The van der Waals surface area contributed by atoms with Gasteiger partial charge in [0, 0.05) is 6.42 Å². The zero-order valence-electron chi connectivity index (χ0n) is 8.91. The van der Waals surface area contributed by atoms with E-state index in [1.165, 1.54) is 0 Å². The lowest BCUT2D eigenvalue weighted by Gasteiger charge is -2.07. The van der Waals surface area contributed by atoms with Crippen LogP contribution in [0.4, 0.5) is 0 Å². The number of carbonyl (C=O) groups is 1. The lowest BCUT2D eigenvalue weighted by molar-refractivity contribution is -0.116. The number of methoxy groups -OCH3 is 1. The van der Waals surface area contributed by atoms with Crippen molar-refractivity contribution in [1.29, 1.82) is 5.26 Å².